The summed E-state index contributed by atoms with van der Waals surface area (Å²) in [5.41, 5.74) is 6.02. The number of carbonyl (C=O) groups is 1. The Morgan fingerprint density at radius 3 is 2.59 bits per heavy atom. The van der Waals surface area contributed by atoms with Crippen molar-refractivity contribution in [2.45, 2.75) is 0 Å². The van der Waals surface area contributed by atoms with Gasteiger partial charge >= 0.3 is 5.97 Å². The average Bonchev–Trinajstić information content (AvgIpc) is 2.15. The molecule has 0 aromatic heterocycles. The molecule has 0 radical (unpaired) electrons. The van der Waals surface area contributed by atoms with Crippen LogP contribution in [0.2, 0.25) is 0 Å². The number of nitrogens with two attached hydrogens (primary N) is 1. The molecule has 94 valence electrons. The first kappa shape index (κ1) is 13.3. The smallest absolute Gasteiger partial charge is 0.342 e. The van der Waals surface area contributed by atoms with Crippen LogP contribution in [0.15, 0.2) is 18.2 Å². The molecule has 0 aliphatic heterocycles. The third kappa shape index (κ3) is 4.32. The monoisotopic (exact) mass is 239 g/mol. The molecule has 0 spiro atoms. The SMILES string of the molecule is C[N+](C)(C)CCOC(=O)c1ccc(N)cc1O. The van der Waals surface area contributed by atoms with Gasteiger partial charge in [-0.25, -0.2) is 4.79 Å². The number of nitrogen functional groups attached to an aromatic ring is 1. The minimum Gasteiger partial charge on any atom is -0.507 e. The van der Waals surface area contributed by atoms with E-state index in [2.05, 4.69) is 0 Å². The van der Waals surface area contributed by atoms with Crippen LogP contribution in [0.1, 0.15) is 10.4 Å². The van der Waals surface area contributed by atoms with Crippen LogP contribution >= 0.6 is 0 Å². The van der Waals surface area contributed by atoms with E-state index in [1.54, 1.807) is 6.07 Å². The second kappa shape index (κ2) is 5.05. The van der Waals surface area contributed by atoms with Crippen LogP contribution in [0.3, 0.4) is 0 Å². The minimum atomic E-state index is -0.532. The van der Waals surface area contributed by atoms with Crippen LogP contribution in [-0.4, -0.2) is 49.9 Å². The highest BCUT2D eigenvalue weighted by Crippen LogP contribution is 2.20. The Labute approximate surface area is 101 Å². The lowest BCUT2D eigenvalue weighted by Gasteiger charge is -2.23. The van der Waals surface area contributed by atoms with Gasteiger partial charge in [0.1, 0.15) is 24.5 Å². The summed E-state index contributed by atoms with van der Waals surface area (Å²) in [6.45, 7) is 1.02. The summed E-state index contributed by atoms with van der Waals surface area (Å²) in [5, 5.41) is 9.54. The van der Waals surface area contributed by atoms with Crippen LogP contribution in [0.5, 0.6) is 5.75 Å². The zero-order chi connectivity index (χ0) is 13.1. The second-order valence-electron chi connectivity index (χ2n) is 4.93. The van der Waals surface area contributed by atoms with E-state index < -0.39 is 5.97 Å². The standard InChI is InChI=1S/C12H18N2O3/c1-14(2,3)6-7-17-12(16)10-5-4-9(13)8-11(10)15/h4-5,8H,6-7H2,1-3H3,(H2-,13,15,16)/p+1. The van der Waals surface area contributed by atoms with E-state index in [1.807, 2.05) is 21.1 Å². The number of esters is 1. The first-order chi connectivity index (χ1) is 7.79. The highest BCUT2D eigenvalue weighted by atomic mass is 16.5. The average molecular weight is 239 g/mol. The van der Waals surface area contributed by atoms with E-state index in [-0.39, 0.29) is 11.3 Å². The lowest BCUT2D eigenvalue weighted by atomic mass is 10.2. The summed E-state index contributed by atoms with van der Waals surface area (Å²) >= 11 is 0. The summed E-state index contributed by atoms with van der Waals surface area (Å²) in [6, 6.07) is 4.34. The molecule has 1 aromatic rings. The Hall–Kier alpha value is -1.75. The van der Waals surface area contributed by atoms with Gasteiger partial charge < -0.3 is 20.1 Å². The number of aromatic hydroxyl groups is 1. The van der Waals surface area contributed by atoms with Crippen molar-refractivity contribution in [3.63, 3.8) is 0 Å². The van der Waals surface area contributed by atoms with Crippen LogP contribution < -0.4 is 5.73 Å². The normalized spacial score (nSPS) is 11.2. The van der Waals surface area contributed by atoms with Gasteiger partial charge in [0.05, 0.1) is 21.1 Å². The fourth-order valence-electron chi connectivity index (χ4n) is 1.21. The van der Waals surface area contributed by atoms with Crippen LogP contribution in [0.4, 0.5) is 5.69 Å². The molecule has 0 amide bonds. The number of likely N-dealkylation sites (N-methyl/N-ethyl adjacent to an activating group) is 1. The van der Waals surface area contributed by atoms with Crippen molar-refractivity contribution in [2.24, 2.45) is 0 Å². The molecule has 0 heterocycles. The van der Waals surface area contributed by atoms with Gasteiger partial charge in [-0.1, -0.05) is 0 Å². The fraction of sp³-hybridized carbons (Fsp3) is 0.417. The molecule has 0 fully saturated rings. The number of hydrogen-bond donors (Lipinski definition) is 2. The number of benzene rings is 1. The molecule has 1 rings (SSSR count). The van der Waals surface area contributed by atoms with Crippen LogP contribution in [0.25, 0.3) is 0 Å². The highest BCUT2D eigenvalue weighted by molar-refractivity contribution is 5.92. The van der Waals surface area contributed by atoms with Gasteiger partial charge in [-0.05, 0) is 12.1 Å². The van der Waals surface area contributed by atoms with E-state index in [0.29, 0.717) is 23.3 Å². The fourth-order valence-corrected chi connectivity index (χ4v) is 1.21. The Bertz CT molecular complexity index is 411. The van der Waals surface area contributed by atoms with Crippen molar-refractivity contribution in [2.75, 3.05) is 40.0 Å². The molecular weight excluding hydrogens is 220 g/mol. The van der Waals surface area contributed by atoms with Gasteiger partial charge in [-0.2, -0.15) is 0 Å². The summed E-state index contributed by atoms with van der Waals surface area (Å²) in [7, 11) is 6.03. The molecule has 0 atom stereocenters. The minimum absolute atomic E-state index is 0.139. The Kier molecular flexibility index (Phi) is 3.96. The molecule has 0 saturated heterocycles. The van der Waals surface area contributed by atoms with E-state index in [9.17, 15) is 9.90 Å². The predicted molar refractivity (Wildman–Crippen MR) is 65.7 cm³/mol. The lowest BCUT2D eigenvalue weighted by Crippen LogP contribution is -2.38. The zero-order valence-corrected chi connectivity index (χ0v) is 10.4. The number of carbonyl (C=O) groups excluding carboxylic acids is 1. The maximum atomic E-state index is 11.6. The summed E-state index contributed by atoms with van der Waals surface area (Å²) in [4.78, 5) is 11.6. The van der Waals surface area contributed by atoms with Gasteiger partial charge in [-0.15, -0.1) is 0 Å². The molecule has 0 bridgehead atoms. The van der Waals surface area contributed by atoms with Gasteiger partial charge in [0.2, 0.25) is 0 Å². The van der Waals surface area contributed by atoms with Crippen molar-refractivity contribution in [1.82, 2.24) is 0 Å². The predicted octanol–water partition coefficient (Wildman–Crippen LogP) is 0.837. The largest absolute Gasteiger partial charge is 0.507 e. The second-order valence-corrected chi connectivity index (χ2v) is 4.93. The topological polar surface area (TPSA) is 72.5 Å². The maximum Gasteiger partial charge on any atom is 0.342 e. The molecule has 1 aromatic carbocycles. The summed E-state index contributed by atoms with van der Waals surface area (Å²) in [6.07, 6.45) is 0. The highest BCUT2D eigenvalue weighted by Gasteiger charge is 2.14. The summed E-state index contributed by atoms with van der Waals surface area (Å²) < 4.78 is 5.78. The number of phenolic OH excluding ortho intramolecular Hbond substituents is 1. The molecule has 5 nitrogen and oxygen atoms in total. The zero-order valence-electron chi connectivity index (χ0n) is 10.4. The Morgan fingerprint density at radius 1 is 1.41 bits per heavy atom. The van der Waals surface area contributed by atoms with Crippen molar-refractivity contribution in [3.8, 4) is 5.75 Å². The number of quaternary nitrogens is 1. The van der Waals surface area contributed by atoms with Crippen LogP contribution in [-0.2, 0) is 4.74 Å². The third-order valence-corrected chi connectivity index (χ3v) is 2.24. The lowest BCUT2D eigenvalue weighted by molar-refractivity contribution is -0.870. The van der Waals surface area contributed by atoms with E-state index >= 15 is 0 Å². The molecule has 0 aliphatic carbocycles. The van der Waals surface area contributed by atoms with Gasteiger partial charge in [0, 0.05) is 11.8 Å². The van der Waals surface area contributed by atoms with Gasteiger partial charge in [-0.3, -0.25) is 0 Å². The molecule has 0 unspecified atom stereocenters. The number of anilines is 1. The maximum absolute atomic E-state index is 11.6. The van der Waals surface area contributed by atoms with Gasteiger partial charge in [0.15, 0.2) is 0 Å². The van der Waals surface area contributed by atoms with E-state index in [1.165, 1.54) is 12.1 Å². The van der Waals surface area contributed by atoms with E-state index in [0.717, 1.165) is 0 Å². The molecule has 17 heavy (non-hydrogen) atoms. The van der Waals surface area contributed by atoms with Crippen molar-refractivity contribution in [3.05, 3.63) is 23.8 Å². The van der Waals surface area contributed by atoms with Crippen molar-refractivity contribution >= 4 is 11.7 Å². The van der Waals surface area contributed by atoms with Crippen LogP contribution in [0, 0.1) is 0 Å². The number of nitrogens with zero attached hydrogens (tertiary/aromatic N) is 1. The molecule has 5 heteroatoms. The summed E-state index contributed by atoms with van der Waals surface area (Å²) in [5.74, 6) is -0.684. The molecular formula is C12H19N2O3+. The molecule has 0 aliphatic rings. The number of phenols is 1. The quantitative estimate of drug-likeness (QED) is 0.464. The van der Waals surface area contributed by atoms with Crippen molar-refractivity contribution in [1.29, 1.82) is 0 Å². The van der Waals surface area contributed by atoms with Crippen molar-refractivity contribution < 1.29 is 19.1 Å². The number of hydrogen-bond acceptors (Lipinski definition) is 4. The van der Waals surface area contributed by atoms with E-state index in [4.69, 9.17) is 10.5 Å². The number of ether oxygens (including phenoxy) is 1. The Morgan fingerprint density at radius 2 is 2.06 bits per heavy atom. The Balaban J connectivity index is 2.59. The first-order valence-electron chi connectivity index (χ1n) is 5.36. The third-order valence-electron chi connectivity index (χ3n) is 2.24. The number of rotatable bonds is 4. The first-order valence-corrected chi connectivity index (χ1v) is 5.36. The molecule has 3 N–H and O–H groups in total. The molecule has 0 saturated carbocycles. The van der Waals surface area contributed by atoms with Gasteiger partial charge in [0.25, 0.3) is 0 Å².